The van der Waals surface area contributed by atoms with E-state index in [1.54, 1.807) is 12.1 Å². The van der Waals surface area contributed by atoms with Gasteiger partial charge in [0.05, 0.1) is 3.57 Å². The van der Waals surface area contributed by atoms with Crippen molar-refractivity contribution in [3.8, 4) is 5.75 Å². The summed E-state index contributed by atoms with van der Waals surface area (Å²) in [6, 6.07) is 20.4. The van der Waals surface area contributed by atoms with Gasteiger partial charge in [-0.1, -0.05) is 43.3 Å². The summed E-state index contributed by atoms with van der Waals surface area (Å²) in [5, 5.41) is 5.35. The van der Waals surface area contributed by atoms with Crippen molar-refractivity contribution in [2.75, 3.05) is 11.9 Å². The molecule has 0 aliphatic carbocycles. The molecule has 0 radical (unpaired) electrons. The topological polar surface area (TPSA) is 87.7 Å². The molecule has 0 bridgehead atoms. The fourth-order valence-electron chi connectivity index (χ4n) is 3.63. The van der Waals surface area contributed by atoms with E-state index in [2.05, 4.69) is 55.8 Å². The van der Waals surface area contributed by atoms with Crippen molar-refractivity contribution in [2.45, 2.75) is 20.0 Å². The summed E-state index contributed by atoms with van der Waals surface area (Å²) >= 11 is 4.44. The van der Waals surface area contributed by atoms with Gasteiger partial charge in [0.2, 0.25) is 5.91 Å². The number of nitrogens with one attached hydrogen (secondary N) is 2. The molecule has 1 aliphatic heterocycles. The number of ether oxygens (including phenoxy) is 1. The molecule has 4 rings (SSSR count). The van der Waals surface area contributed by atoms with Gasteiger partial charge in [-0.3, -0.25) is 9.59 Å². The molecule has 36 heavy (non-hydrogen) atoms. The summed E-state index contributed by atoms with van der Waals surface area (Å²) in [5.41, 5.74) is 3.56. The van der Waals surface area contributed by atoms with Gasteiger partial charge < -0.3 is 15.4 Å². The minimum Gasteiger partial charge on any atom is -0.488 e. The van der Waals surface area contributed by atoms with Crippen molar-refractivity contribution >= 4 is 74.8 Å². The molecule has 0 spiro atoms. The Balaban J connectivity index is 1.40. The zero-order chi connectivity index (χ0) is 25.7. The molecule has 4 amide bonds. The molecule has 1 aliphatic rings. The van der Waals surface area contributed by atoms with Gasteiger partial charge in [-0.15, -0.1) is 0 Å². The molecule has 0 saturated carbocycles. The number of aryl methyl sites for hydroxylation is 1. The molecule has 1 fully saturated rings. The lowest BCUT2D eigenvalue weighted by atomic mass is 10.1. The van der Waals surface area contributed by atoms with E-state index in [4.69, 9.17) is 4.74 Å². The smallest absolute Gasteiger partial charge is 0.329 e. The van der Waals surface area contributed by atoms with E-state index in [-0.39, 0.29) is 12.2 Å². The fourth-order valence-corrected chi connectivity index (χ4v) is 4.69. The van der Waals surface area contributed by atoms with Crippen LogP contribution in [0, 0.1) is 7.14 Å². The zero-order valence-electron chi connectivity index (χ0n) is 19.4. The van der Waals surface area contributed by atoms with Crippen molar-refractivity contribution in [3.63, 3.8) is 0 Å². The first-order valence-electron chi connectivity index (χ1n) is 11.2. The highest BCUT2D eigenvalue weighted by Gasteiger charge is 2.35. The van der Waals surface area contributed by atoms with E-state index in [1.165, 1.54) is 0 Å². The van der Waals surface area contributed by atoms with Crippen molar-refractivity contribution in [3.05, 3.63) is 96.3 Å². The van der Waals surface area contributed by atoms with Crippen LogP contribution < -0.4 is 15.4 Å². The van der Waals surface area contributed by atoms with Crippen LogP contribution in [0.4, 0.5) is 10.5 Å². The molecule has 184 valence electrons. The molecule has 0 atom stereocenters. The predicted octanol–water partition coefficient (Wildman–Crippen LogP) is 5.57. The molecular formula is C27H23I2N3O4. The maximum absolute atomic E-state index is 12.8. The third-order valence-corrected chi connectivity index (χ3v) is 7.07. The lowest BCUT2D eigenvalue weighted by molar-refractivity contribution is -0.127. The minimum absolute atomic E-state index is 0.116. The number of nitrogens with zero attached hydrogens (tertiary/aromatic N) is 1. The van der Waals surface area contributed by atoms with Gasteiger partial charge in [0, 0.05) is 9.26 Å². The summed E-state index contributed by atoms with van der Waals surface area (Å²) in [6.45, 7) is 2.06. The Labute approximate surface area is 236 Å². The predicted molar refractivity (Wildman–Crippen MR) is 155 cm³/mol. The number of imide groups is 1. The van der Waals surface area contributed by atoms with E-state index in [9.17, 15) is 14.4 Å². The van der Waals surface area contributed by atoms with Crippen molar-refractivity contribution in [2.24, 2.45) is 0 Å². The number of halogens is 2. The highest BCUT2D eigenvalue weighted by atomic mass is 127. The monoisotopic (exact) mass is 707 g/mol. The maximum Gasteiger partial charge on any atom is 0.329 e. The summed E-state index contributed by atoms with van der Waals surface area (Å²) in [4.78, 5) is 38.7. The first-order valence-corrected chi connectivity index (χ1v) is 13.4. The molecule has 1 saturated heterocycles. The molecule has 3 aromatic rings. The second kappa shape index (κ2) is 11.9. The summed E-state index contributed by atoms with van der Waals surface area (Å²) in [6.07, 6.45) is 2.34. The lowest BCUT2D eigenvalue weighted by Crippen LogP contribution is -2.38. The van der Waals surface area contributed by atoms with Gasteiger partial charge in [-0.25, -0.2) is 9.69 Å². The van der Waals surface area contributed by atoms with E-state index in [1.807, 2.05) is 67.6 Å². The highest BCUT2D eigenvalue weighted by Crippen LogP contribution is 2.25. The van der Waals surface area contributed by atoms with Crippen LogP contribution in [0.2, 0.25) is 0 Å². The normalized spacial score (nSPS) is 14.2. The Bertz CT molecular complexity index is 1340. The van der Waals surface area contributed by atoms with E-state index in [0.717, 1.165) is 40.9 Å². The van der Waals surface area contributed by atoms with Crippen LogP contribution in [0.15, 0.2) is 72.4 Å². The van der Waals surface area contributed by atoms with Crippen LogP contribution in [-0.4, -0.2) is 29.3 Å². The number of rotatable bonds is 8. The Kier molecular flexibility index (Phi) is 8.62. The SMILES string of the molecule is CCc1ccccc1NC(=O)CN1C(=O)N/C(=C/c2ccc(OCc3ccc(I)cc3)c(I)c2)C1=O. The lowest BCUT2D eigenvalue weighted by Gasteiger charge is -2.13. The molecule has 7 nitrogen and oxygen atoms in total. The fraction of sp³-hybridized carbons (Fsp3) is 0.148. The Hall–Kier alpha value is -2.93. The van der Waals surface area contributed by atoms with Crippen LogP contribution in [0.1, 0.15) is 23.6 Å². The Morgan fingerprint density at radius 2 is 1.81 bits per heavy atom. The average molecular weight is 707 g/mol. The minimum atomic E-state index is -0.627. The first-order chi connectivity index (χ1) is 17.3. The van der Waals surface area contributed by atoms with E-state index >= 15 is 0 Å². The van der Waals surface area contributed by atoms with Gasteiger partial charge in [0.25, 0.3) is 5.91 Å². The van der Waals surface area contributed by atoms with Crippen LogP contribution in [-0.2, 0) is 22.6 Å². The first kappa shape index (κ1) is 26.1. The van der Waals surface area contributed by atoms with Crippen molar-refractivity contribution in [1.82, 2.24) is 10.2 Å². The third kappa shape index (κ3) is 6.44. The van der Waals surface area contributed by atoms with E-state index in [0.29, 0.717) is 12.3 Å². The highest BCUT2D eigenvalue weighted by molar-refractivity contribution is 14.1. The standard InChI is InChI=1S/C27H23I2N3O4/c1-2-19-5-3-4-6-22(19)30-25(33)15-32-26(34)23(31-27(32)35)14-18-9-12-24(21(29)13-18)36-16-17-7-10-20(28)11-8-17/h3-14H,2,15-16H2,1H3,(H,30,33)(H,31,35)/b23-14+. The number of benzene rings is 3. The maximum atomic E-state index is 12.8. The quantitative estimate of drug-likeness (QED) is 0.182. The Morgan fingerprint density at radius 1 is 1.06 bits per heavy atom. The second-order valence-corrected chi connectivity index (χ2v) is 10.5. The molecule has 0 aromatic heterocycles. The largest absolute Gasteiger partial charge is 0.488 e. The van der Waals surface area contributed by atoms with Gasteiger partial charge >= 0.3 is 6.03 Å². The van der Waals surface area contributed by atoms with Crippen LogP contribution in [0.25, 0.3) is 6.08 Å². The number of anilines is 1. The van der Waals surface area contributed by atoms with E-state index < -0.39 is 17.8 Å². The third-order valence-electron chi connectivity index (χ3n) is 5.51. The number of carbonyl (C=O) groups excluding carboxylic acids is 3. The number of amides is 4. The van der Waals surface area contributed by atoms with Gasteiger partial charge in [0.1, 0.15) is 24.6 Å². The van der Waals surface area contributed by atoms with Gasteiger partial charge in [0.15, 0.2) is 0 Å². The number of urea groups is 1. The number of para-hydroxylation sites is 1. The zero-order valence-corrected chi connectivity index (χ0v) is 23.7. The van der Waals surface area contributed by atoms with Crippen molar-refractivity contribution < 1.29 is 19.1 Å². The molecular weight excluding hydrogens is 684 g/mol. The van der Waals surface area contributed by atoms with Crippen LogP contribution in [0.3, 0.4) is 0 Å². The Morgan fingerprint density at radius 3 is 2.53 bits per heavy atom. The molecule has 3 aromatic carbocycles. The number of carbonyl (C=O) groups is 3. The second-order valence-electron chi connectivity index (χ2n) is 8.04. The summed E-state index contributed by atoms with van der Waals surface area (Å²) in [5.74, 6) is -0.262. The molecule has 0 unspecified atom stereocenters. The molecule has 9 heteroatoms. The molecule has 2 N–H and O–H groups in total. The number of hydrogen-bond acceptors (Lipinski definition) is 4. The summed E-state index contributed by atoms with van der Waals surface area (Å²) < 4.78 is 7.97. The van der Waals surface area contributed by atoms with Crippen molar-refractivity contribution in [1.29, 1.82) is 0 Å². The molecule has 1 heterocycles. The van der Waals surface area contributed by atoms with Crippen LogP contribution in [0.5, 0.6) is 5.75 Å². The van der Waals surface area contributed by atoms with Crippen LogP contribution >= 0.6 is 45.2 Å². The van der Waals surface area contributed by atoms with Gasteiger partial charge in [-0.05, 0) is 105 Å². The van der Waals surface area contributed by atoms with Gasteiger partial charge in [-0.2, -0.15) is 0 Å². The summed E-state index contributed by atoms with van der Waals surface area (Å²) in [7, 11) is 0. The number of hydrogen-bond donors (Lipinski definition) is 2. The average Bonchev–Trinajstić information content (AvgIpc) is 3.12.